The molecule has 0 aliphatic heterocycles. The Balaban J connectivity index is 2.74. The number of carbonyl (C=O) groups is 2. The topological polar surface area (TPSA) is 71.1 Å². The van der Waals surface area contributed by atoms with Crippen molar-refractivity contribution in [2.45, 2.75) is 40.2 Å². The molecule has 1 aromatic heterocycles. The maximum atomic E-state index is 12.3. The number of rotatable bonds is 6. The first-order chi connectivity index (χ1) is 9.81. The van der Waals surface area contributed by atoms with Gasteiger partial charge in [0.05, 0.1) is 5.69 Å². The summed E-state index contributed by atoms with van der Waals surface area (Å²) in [5, 5.41) is 5.70. The predicted octanol–water partition coefficient (Wildman–Crippen LogP) is 2.86. The molecule has 1 rings (SSSR count). The van der Waals surface area contributed by atoms with Crippen LogP contribution in [0.1, 0.15) is 34.1 Å². The van der Waals surface area contributed by atoms with Crippen molar-refractivity contribution >= 4 is 29.1 Å². The fraction of sp³-hybridized carbons (Fsp3) is 0.533. The fourth-order valence-electron chi connectivity index (χ4n) is 1.83. The number of hydrogen-bond acceptors (Lipinski definition) is 3. The standard InChI is InChI=1S/C15H22ClN3O2/c1-9(2)8-12(20)19-13(10(3)4)15(21)18-11-6-5-7-17-14(11)16/h5-7,9-10,13H,8H2,1-4H3,(H,18,21)(H,19,20)/t13-/m0/s1. The Bertz CT molecular complexity index is 503. The molecule has 0 aliphatic rings. The van der Waals surface area contributed by atoms with Gasteiger partial charge in [-0.25, -0.2) is 4.98 Å². The van der Waals surface area contributed by atoms with Crippen LogP contribution in [0.15, 0.2) is 18.3 Å². The van der Waals surface area contributed by atoms with E-state index in [1.165, 1.54) is 0 Å². The van der Waals surface area contributed by atoms with Crippen LogP contribution >= 0.6 is 11.6 Å². The van der Waals surface area contributed by atoms with Crippen LogP contribution in [0.25, 0.3) is 0 Å². The molecule has 5 nitrogen and oxygen atoms in total. The van der Waals surface area contributed by atoms with Gasteiger partial charge in [-0.3, -0.25) is 9.59 Å². The number of halogens is 1. The lowest BCUT2D eigenvalue weighted by Gasteiger charge is -2.22. The number of pyridine rings is 1. The Morgan fingerprint density at radius 2 is 1.95 bits per heavy atom. The van der Waals surface area contributed by atoms with Crippen LogP contribution in [0.4, 0.5) is 5.69 Å². The van der Waals surface area contributed by atoms with E-state index in [9.17, 15) is 9.59 Å². The van der Waals surface area contributed by atoms with Crippen molar-refractivity contribution in [3.63, 3.8) is 0 Å². The van der Waals surface area contributed by atoms with E-state index >= 15 is 0 Å². The van der Waals surface area contributed by atoms with Crippen LogP contribution in [0.3, 0.4) is 0 Å². The van der Waals surface area contributed by atoms with Crippen LogP contribution in [0.5, 0.6) is 0 Å². The summed E-state index contributed by atoms with van der Waals surface area (Å²) < 4.78 is 0. The lowest BCUT2D eigenvalue weighted by atomic mass is 10.0. The normalized spacial score (nSPS) is 12.3. The first-order valence-electron chi connectivity index (χ1n) is 7.02. The number of nitrogens with one attached hydrogen (secondary N) is 2. The number of anilines is 1. The van der Waals surface area contributed by atoms with Gasteiger partial charge in [-0.15, -0.1) is 0 Å². The van der Waals surface area contributed by atoms with E-state index < -0.39 is 6.04 Å². The minimum atomic E-state index is -0.604. The number of carbonyl (C=O) groups excluding carboxylic acids is 2. The van der Waals surface area contributed by atoms with E-state index in [-0.39, 0.29) is 28.8 Å². The number of aromatic nitrogens is 1. The van der Waals surface area contributed by atoms with Gasteiger partial charge >= 0.3 is 0 Å². The second kappa shape index (κ2) is 7.98. The average molecular weight is 312 g/mol. The van der Waals surface area contributed by atoms with Gasteiger partial charge in [0.25, 0.3) is 0 Å². The first kappa shape index (κ1) is 17.4. The Hall–Kier alpha value is -1.62. The van der Waals surface area contributed by atoms with Gasteiger partial charge in [0.2, 0.25) is 11.8 Å². The molecule has 1 atom stereocenters. The molecule has 21 heavy (non-hydrogen) atoms. The molecule has 2 N–H and O–H groups in total. The maximum absolute atomic E-state index is 12.3. The second-order valence-electron chi connectivity index (χ2n) is 5.72. The molecule has 1 heterocycles. The lowest BCUT2D eigenvalue weighted by molar-refractivity contribution is -0.127. The van der Waals surface area contributed by atoms with Crippen LogP contribution in [0.2, 0.25) is 5.15 Å². The van der Waals surface area contributed by atoms with Crippen molar-refractivity contribution < 1.29 is 9.59 Å². The van der Waals surface area contributed by atoms with Crippen molar-refractivity contribution in [3.8, 4) is 0 Å². The lowest BCUT2D eigenvalue weighted by Crippen LogP contribution is -2.47. The number of nitrogens with zero attached hydrogens (tertiary/aromatic N) is 1. The minimum Gasteiger partial charge on any atom is -0.344 e. The molecule has 0 aromatic carbocycles. The van der Waals surface area contributed by atoms with Crippen molar-refractivity contribution in [1.82, 2.24) is 10.3 Å². The summed E-state index contributed by atoms with van der Waals surface area (Å²) in [5.41, 5.74) is 0.438. The zero-order valence-electron chi connectivity index (χ0n) is 12.8. The van der Waals surface area contributed by atoms with E-state index in [0.717, 1.165) is 0 Å². The molecule has 1 aromatic rings. The quantitative estimate of drug-likeness (QED) is 0.794. The van der Waals surface area contributed by atoms with Crippen LogP contribution < -0.4 is 10.6 Å². The third-order valence-corrected chi connectivity index (χ3v) is 3.18. The van der Waals surface area contributed by atoms with E-state index in [2.05, 4.69) is 15.6 Å². The van der Waals surface area contributed by atoms with Gasteiger partial charge in [0, 0.05) is 12.6 Å². The summed E-state index contributed by atoms with van der Waals surface area (Å²) >= 11 is 5.91. The maximum Gasteiger partial charge on any atom is 0.247 e. The average Bonchev–Trinajstić information content (AvgIpc) is 2.37. The fourth-order valence-corrected chi connectivity index (χ4v) is 1.99. The van der Waals surface area contributed by atoms with Crippen LogP contribution in [0, 0.1) is 11.8 Å². The molecular weight excluding hydrogens is 290 g/mol. The minimum absolute atomic E-state index is 0.0310. The van der Waals surface area contributed by atoms with Gasteiger partial charge in [0.1, 0.15) is 6.04 Å². The Morgan fingerprint density at radius 1 is 1.29 bits per heavy atom. The van der Waals surface area contributed by atoms with Gasteiger partial charge in [-0.1, -0.05) is 39.3 Å². The SMILES string of the molecule is CC(C)CC(=O)N[C@H](C(=O)Nc1cccnc1Cl)C(C)C. The molecule has 0 fully saturated rings. The highest BCUT2D eigenvalue weighted by molar-refractivity contribution is 6.32. The summed E-state index contributed by atoms with van der Waals surface area (Å²) in [6.45, 7) is 7.67. The van der Waals surface area contributed by atoms with Crippen molar-refractivity contribution in [3.05, 3.63) is 23.5 Å². The highest BCUT2D eigenvalue weighted by Crippen LogP contribution is 2.18. The zero-order chi connectivity index (χ0) is 16.0. The van der Waals surface area contributed by atoms with Crippen molar-refractivity contribution in [2.75, 3.05) is 5.32 Å². The highest BCUT2D eigenvalue weighted by atomic mass is 35.5. The Kier molecular flexibility index (Phi) is 6.62. The summed E-state index contributed by atoms with van der Waals surface area (Å²) in [6, 6.07) is 2.75. The summed E-state index contributed by atoms with van der Waals surface area (Å²) in [4.78, 5) is 28.1. The molecule has 0 unspecified atom stereocenters. The van der Waals surface area contributed by atoms with Crippen molar-refractivity contribution in [1.29, 1.82) is 0 Å². The largest absolute Gasteiger partial charge is 0.344 e. The van der Waals surface area contributed by atoms with Gasteiger partial charge in [-0.05, 0) is 24.0 Å². The summed E-state index contributed by atoms with van der Waals surface area (Å²) in [7, 11) is 0. The third-order valence-electron chi connectivity index (χ3n) is 2.88. The molecule has 116 valence electrons. The molecular formula is C15H22ClN3O2. The Labute approximate surface area is 130 Å². The summed E-state index contributed by atoms with van der Waals surface area (Å²) in [5.74, 6) is -0.210. The van der Waals surface area contributed by atoms with Crippen LogP contribution in [-0.2, 0) is 9.59 Å². The predicted molar refractivity (Wildman–Crippen MR) is 84.1 cm³/mol. The third kappa shape index (κ3) is 5.71. The summed E-state index contributed by atoms with van der Waals surface area (Å²) in [6.07, 6.45) is 1.94. The van der Waals surface area contributed by atoms with E-state index in [0.29, 0.717) is 12.1 Å². The molecule has 2 amide bonds. The highest BCUT2D eigenvalue weighted by Gasteiger charge is 2.25. The van der Waals surface area contributed by atoms with Crippen LogP contribution in [-0.4, -0.2) is 22.8 Å². The molecule has 0 radical (unpaired) electrons. The van der Waals surface area contributed by atoms with Crippen molar-refractivity contribution in [2.24, 2.45) is 11.8 Å². The molecule has 6 heteroatoms. The smallest absolute Gasteiger partial charge is 0.247 e. The molecule has 0 aliphatic carbocycles. The van der Waals surface area contributed by atoms with E-state index in [1.54, 1.807) is 18.3 Å². The molecule has 0 saturated carbocycles. The number of amides is 2. The Morgan fingerprint density at radius 3 is 2.48 bits per heavy atom. The van der Waals surface area contributed by atoms with Gasteiger partial charge < -0.3 is 10.6 Å². The second-order valence-corrected chi connectivity index (χ2v) is 6.08. The van der Waals surface area contributed by atoms with E-state index in [1.807, 2.05) is 27.7 Å². The monoisotopic (exact) mass is 311 g/mol. The molecule has 0 spiro atoms. The molecule has 0 saturated heterocycles. The van der Waals surface area contributed by atoms with E-state index in [4.69, 9.17) is 11.6 Å². The zero-order valence-corrected chi connectivity index (χ0v) is 13.6. The van der Waals surface area contributed by atoms with Gasteiger partial charge in [-0.2, -0.15) is 0 Å². The first-order valence-corrected chi connectivity index (χ1v) is 7.39. The number of hydrogen-bond donors (Lipinski definition) is 2. The van der Waals surface area contributed by atoms with Gasteiger partial charge in [0.15, 0.2) is 5.15 Å². The molecule has 0 bridgehead atoms.